The summed E-state index contributed by atoms with van der Waals surface area (Å²) in [6, 6.07) is 7.76. The molecule has 74 valence electrons. The number of aryl methyl sites for hydroxylation is 2. The molecule has 3 rings (SSSR count). The van der Waals surface area contributed by atoms with Crippen molar-refractivity contribution >= 4 is 0 Å². The molecule has 0 amide bonds. The first-order chi connectivity index (χ1) is 6.93. The summed E-state index contributed by atoms with van der Waals surface area (Å²) in [5.74, 6) is 0. The van der Waals surface area contributed by atoms with E-state index in [9.17, 15) is 0 Å². The number of hydrogen-bond donors (Lipinski definition) is 1. The zero-order valence-electron chi connectivity index (χ0n) is 8.55. The van der Waals surface area contributed by atoms with Crippen LogP contribution in [0.15, 0.2) is 18.2 Å². The maximum absolute atomic E-state index is 3.47. The average molecular weight is 187 g/mol. The molecule has 0 radical (unpaired) electrons. The van der Waals surface area contributed by atoms with Crippen molar-refractivity contribution in [3.63, 3.8) is 0 Å². The van der Waals surface area contributed by atoms with Crippen LogP contribution in [0.4, 0.5) is 0 Å². The molecule has 14 heavy (non-hydrogen) atoms. The summed E-state index contributed by atoms with van der Waals surface area (Å²) in [4.78, 5) is 0. The molecule has 1 aliphatic carbocycles. The van der Waals surface area contributed by atoms with Crippen molar-refractivity contribution < 1.29 is 0 Å². The fourth-order valence-corrected chi connectivity index (χ4v) is 2.54. The topological polar surface area (TPSA) is 12.0 Å². The fourth-order valence-electron chi connectivity index (χ4n) is 2.54. The normalized spacial score (nSPS) is 25.3. The summed E-state index contributed by atoms with van der Waals surface area (Å²) >= 11 is 0. The van der Waals surface area contributed by atoms with Crippen molar-refractivity contribution in [2.24, 2.45) is 0 Å². The molecule has 1 aromatic carbocycles. The van der Waals surface area contributed by atoms with Crippen LogP contribution >= 0.6 is 0 Å². The van der Waals surface area contributed by atoms with E-state index < -0.39 is 0 Å². The van der Waals surface area contributed by atoms with Crippen molar-refractivity contribution in [2.75, 3.05) is 6.54 Å². The minimum Gasteiger partial charge on any atom is -0.310 e. The Morgan fingerprint density at radius 1 is 1.07 bits per heavy atom. The predicted octanol–water partition coefficient (Wildman–Crippen LogP) is 2.60. The molecule has 2 aliphatic rings. The van der Waals surface area contributed by atoms with E-state index in [0.717, 1.165) is 0 Å². The third-order valence-corrected chi connectivity index (χ3v) is 3.60. The largest absolute Gasteiger partial charge is 0.310 e. The van der Waals surface area contributed by atoms with E-state index in [1.807, 2.05) is 0 Å². The molecule has 1 saturated heterocycles. The monoisotopic (exact) mass is 187 g/mol. The van der Waals surface area contributed by atoms with Gasteiger partial charge in [-0.3, -0.25) is 0 Å². The van der Waals surface area contributed by atoms with Gasteiger partial charge in [-0.2, -0.15) is 0 Å². The molecular formula is C13H17N. The third-order valence-electron chi connectivity index (χ3n) is 3.60. The second kappa shape index (κ2) is 3.39. The number of rotatable bonds is 1. The van der Waals surface area contributed by atoms with Crippen LogP contribution in [0.1, 0.15) is 42.0 Å². The van der Waals surface area contributed by atoms with Gasteiger partial charge in [0.15, 0.2) is 0 Å². The fraction of sp³-hybridized carbons (Fsp3) is 0.538. The third kappa shape index (κ3) is 1.36. The molecular weight excluding hydrogens is 170 g/mol. The first-order valence-corrected chi connectivity index (χ1v) is 5.78. The second-order valence-electron chi connectivity index (χ2n) is 4.53. The van der Waals surface area contributed by atoms with Crippen molar-refractivity contribution in [1.29, 1.82) is 0 Å². The van der Waals surface area contributed by atoms with E-state index in [4.69, 9.17) is 0 Å². The van der Waals surface area contributed by atoms with Crippen LogP contribution in [0, 0.1) is 0 Å². The smallest absolute Gasteiger partial charge is 0.0332 e. The molecule has 0 bridgehead atoms. The first kappa shape index (κ1) is 8.49. The van der Waals surface area contributed by atoms with Gasteiger partial charge >= 0.3 is 0 Å². The maximum atomic E-state index is 3.47. The Morgan fingerprint density at radius 2 is 1.86 bits per heavy atom. The van der Waals surface area contributed by atoms with E-state index in [2.05, 4.69) is 23.5 Å². The Hall–Kier alpha value is -0.820. The molecule has 1 heteroatoms. The van der Waals surface area contributed by atoms with Gasteiger partial charge in [-0.05, 0) is 55.3 Å². The Balaban J connectivity index is 1.92. The quantitative estimate of drug-likeness (QED) is 0.712. The molecule has 0 aromatic heterocycles. The Bertz CT molecular complexity index is 339. The van der Waals surface area contributed by atoms with Crippen molar-refractivity contribution in [3.8, 4) is 0 Å². The summed E-state index contributed by atoms with van der Waals surface area (Å²) in [7, 11) is 0. The lowest BCUT2D eigenvalue weighted by Crippen LogP contribution is -2.35. The molecule has 1 nitrogen and oxygen atoms in total. The highest BCUT2D eigenvalue weighted by Crippen LogP contribution is 2.28. The van der Waals surface area contributed by atoms with Gasteiger partial charge in [0.1, 0.15) is 0 Å². The van der Waals surface area contributed by atoms with E-state index in [0.29, 0.717) is 6.04 Å². The van der Waals surface area contributed by atoms with Crippen molar-refractivity contribution in [1.82, 2.24) is 5.32 Å². The van der Waals surface area contributed by atoms with Gasteiger partial charge in [0, 0.05) is 6.04 Å². The highest BCUT2D eigenvalue weighted by Gasteiger charge is 2.19. The van der Waals surface area contributed by atoms with Crippen LogP contribution in [0.2, 0.25) is 0 Å². The van der Waals surface area contributed by atoms with E-state index >= 15 is 0 Å². The van der Waals surface area contributed by atoms with Crippen LogP contribution < -0.4 is 5.32 Å². The van der Waals surface area contributed by atoms with E-state index in [-0.39, 0.29) is 0 Å². The molecule has 1 atom stereocenters. The summed E-state index contributed by atoms with van der Waals surface area (Å²) in [5, 5.41) is 3.47. The lowest BCUT2D eigenvalue weighted by Gasteiger charge is -2.29. The van der Waals surface area contributed by atoms with Crippen LogP contribution in [0.5, 0.6) is 0 Å². The summed E-state index contributed by atoms with van der Waals surface area (Å²) in [6.07, 6.45) is 6.69. The summed E-state index contributed by atoms with van der Waals surface area (Å²) < 4.78 is 0. The molecule has 1 aromatic rings. The average Bonchev–Trinajstić information content (AvgIpc) is 2.15. The van der Waals surface area contributed by atoms with Crippen LogP contribution in [0.25, 0.3) is 0 Å². The minimum absolute atomic E-state index is 0.655. The Morgan fingerprint density at radius 3 is 2.57 bits per heavy atom. The number of nitrogens with one attached hydrogen (secondary N) is 1. The van der Waals surface area contributed by atoms with Crippen LogP contribution in [-0.2, 0) is 12.8 Å². The lowest BCUT2D eigenvalue weighted by atomic mass is 9.87. The van der Waals surface area contributed by atoms with Crippen molar-refractivity contribution in [2.45, 2.75) is 38.1 Å². The zero-order valence-corrected chi connectivity index (χ0v) is 8.55. The molecule has 0 saturated carbocycles. The SMILES string of the molecule is c1cc2c(cc1[C@@H]1CCN1)CCCC2. The van der Waals surface area contributed by atoms with Crippen LogP contribution in [0.3, 0.4) is 0 Å². The second-order valence-corrected chi connectivity index (χ2v) is 4.53. The van der Waals surface area contributed by atoms with Gasteiger partial charge in [0.25, 0.3) is 0 Å². The Labute approximate surface area is 85.5 Å². The highest BCUT2D eigenvalue weighted by atomic mass is 15.0. The van der Waals surface area contributed by atoms with Gasteiger partial charge in [-0.25, -0.2) is 0 Å². The Kier molecular flexibility index (Phi) is 2.06. The highest BCUT2D eigenvalue weighted by molar-refractivity contribution is 5.35. The van der Waals surface area contributed by atoms with E-state index in [1.165, 1.54) is 44.2 Å². The first-order valence-electron chi connectivity index (χ1n) is 5.78. The predicted molar refractivity (Wildman–Crippen MR) is 58.4 cm³/mol. The van der Waals surface area contributed by atoms with Crippen LogP contribution in [-0.4, -0.2) is 6.54 Å². The van der Waals surface area contributed by atoms with Gasteiger partial charge in [-0.1, -0.05) is 18.2 Å². The van der Waals surface area contributed by atoms with Gasteiger partial charge < -0.3 is 5.32 Å². The number of benzene rings is 1. The van der Waals surface area contributed by atoms with Crippen molar-refractivity contribution in [3.05, 3.63) is 34.9 Å². The minimum atomic E-state index is 0.655. The van der Waals surface area contributed by atoms with E-state index in [1.54, 1.807) is 11.1 Å². The maximum Gasteiger partial charge on any atom is 0.0332 e. The molecule has 1 heterocycles. The molecule has 1 fully saturated rings. The summed E-state index contributed by atoms with van der Waals surface area (Å²) in [5.41, 5.74) is 4.72. The van der Waals surface area contributed by atoms with Gasteiger partial charge in [0.2, 0.25) is 0 Å². The molecule has 1 aliphatic heterocycles. The summed E-state index contributed by atoms with van der Waals surface area (Å²) in [6.45, 7) is 1.20. The standard InChI is InChI=1S/C13H17N/c1-2-4-11-9-12(13-7-8-14-13)6-5-10(11)3-1/h5-6,9,13-14H,1-4,7-8H2/t13-/m0/s1. The van der Waals surface area contributed by atoms with Gasteiger partial charge in [0.05, 0.1) is 0 Å². The van der Waals surface area contributed by atoms with Gasteiger partial charge in [-0.15, -0.1) is 0 Å². The zero-order chi connectivity index (χ0) is 9.38. The number of hydrogen-bond acceptors (Lipinski definition) is 1. The number of fused-ring (bicyclic) bond motifs is 1. The molecule has 0 unspecified atom stereocenters. The molecule has 0 spiro atoms. The molecule has 1 N–H and O–H groups in total. The lowest BCUT2D eigenvalue weighted by molar-refractivity contribution is 0.383.